The van der Waals surface area contributed by atoms with Gasteiger partial charge in [0.05, 0.1) is 6.67 Å². The number of hydrogen-bond donors (Lipinski definition) is 3. The molecule has 0 atom stereocenters. The Morgan fingerprint density at radius 3 is 1.48 bits per heavy atom. The quantitative estimate of drug-likeness (QED) is 0.655. The minimum absolute atomic E-state index is 0.203. The minimum atomic E-state index is -5.08. The van der Waals surface area contributed by atoms with Crippen molar-refractivity contribution in [2.24, 2.45) is 5.73 Å². The first-order chi connectivity index (χ1) is 10.2. The lowest BCUT2D eigenvalue weighted by molar-refractivity contribution is -0.193. The number of aliphatic carboxylic acids is 2. The van der Waals surface area contributed by atoms with E-state index in [1.165, 1.54) is 0 Å². The molecule has 0 amide bonds. The van der Waals surface area contributed by atoms with Crippen molar-refractivity contribution in [3.8, 4) is 0 Å². The first-order valence-corrected chi connectivity index (χ1v) is 5.86. The smallest absolute Gasteiger partial charge is 0.475 e. The third-order valence-electron chi connectivity index (χ3n) is 2.08. The molecule has 0 unspecified atom stereocenters. The number of nitrogens with zero attached hydrogens (tertiary/aromatic N) is 1. The van der Waals surface area contributed by atoms with Gasteiger partial charge in [-0.2, -0.15) is 26.3 Å². The van der Waals surface area contributed by atoms with E-state index in [0.29, 0.717) is 12.5 Å². The van der Waals surface area contributed by atoms with E-state index in [1.807, 2.05) is 0 Å². The number of alkyl halides is 7. The van der Waals surface area contributed by atoms with Crippen LogP contribution in [-0.4, -0.2) is 71.8 Å². The Balaban J connectivity index is 0. The highest BCUT2D eigenvalue weighted by Crippen LogP contribution is 2.13. The van der Waals surface area contributed by atoms with Crippen molar-refractivity contribution >= 4 is 11.9 Å². The van der Waals surface area contributed by atoms with Crippen LogP contribution in [-0.2, 0) is 9.59 Å². The molecule has 1 heterocycles. The Bertz CT molecular complexity index is 343. The molecule has 0 aromatic carbocycles. The highest BCUT2D eigenvalue weighted by molar-refractivity contribution is 5.73. The number of carboxylic acid groups (broad SMARTS) is 2. The fourth-order valence-corrected chi connectivity index (χ4v) is 1.08. The van der Waals surface area contributed by atoms with Crippen LogP contribution in [0.3, 0.4) is 0 Å². The molecule has 1 rings (SSSR count). The predicted octanol–water partition coefficient (Wildman–Crippen LogP) is 1.26. The van der Waals surface area contributed by atoms with E-state index in [1.54, 1.807) is 0 Å². The highest BCUT2D eigenvalue weighted by Gasteiger charge is 2.38. The number of hydrogen-bond acceptors (Lipinski definition) is 4. The molecule has 1 saturated heterocycles. The molecule has 0 aromatic rings. The lowest BCUT2D eigenvalue weighted by Crippen LogP contribution is -2.55. The summed E-state index contributed by atoms with van der Waals surface area (Å²) in [5.41, 5.74) is 5.51. The first-order valence-electron chi connectivity index (χ1n) is 5.86. The number of halogens is 7. The average molecular weight is 360 g/mol. The highest BCUT2D eigenvalue weighted by atomic mass is 19.4. The average Bonchev–Trinajstić information content (AvgIpc) is 2.32. The maximum Gasteiger partial charge on any atom is 0.490 e. The first kappa shape index (κ1) is 23.6. The normalized spacial score (nSPS) is 15.5. The van der Waals surface area contributed by atoms with Crippen LogP contribution in [0.4, 0.5) is 30.7 Å². The van der Waals surface area contributed by atoms with Crippen LogP contribution in [0.1, 0.15) is 6.42 Å². The molecule has 0 bridgehead atoms. The number of carboxylic acids is 2. The van der Waals surface area contributed by atoms with Crippen LogP contribution in [0.5, 0.6) is 0 Å². The summed E-state index contributed by atoms with van der Waals surface area (Å²) in [5, 5.41) is 14.2. The Morgan fingerprint density at radius 2 is 1.30 bits per heavy atom. The van der Waals surface area contributed by atoms with Crippen LogP contribution in [0.25, 0.3) is 0 Å². The topological polar surface area (TPSA) is 104 Å². The fourth-order valence-electron chi connectivity index (χ4n) is 1.08. The van der Waals surface area contributed by atoms with E-state index in [-0.39, 0.29) is 6.67 Å². The lowest BCUT2D eigenvalue weighted by atomic mass is 10.1. The molecule has 23 heavy (non-hydrogen) atoms. The van der Waals surface area contributed by atoms with Gasteiger partial charge in [0.2, 0.25) is 0 Å². The van der Waals surface area contributed by atoms with Crippen LogP contribution < -0.4 is 5.73 Å². The van der Waals surface area contributed by atoms with Crippen LogP contribution in [0.15, 0.2) is 0 Å². The van der Waals surface area contributed by atoms with Crippen molar-refractivity contribution in [1.82, 2.24) is 4.90 Å². The maximum atomic E-state index is 11.6. The van der Waals surface area contributed by atoms with Gasteiger partial charge in [-0.3, -0.25) is 4.39 Å². The maximum absolute atomic E-state index is 11.6. The van der Waals surface area contributed by atoms with Gasteiger partial charge in [0, 0.05) is 25.7 Å². The van der Waals surface area contributed by atoms with Gasteiger partial charge in [-0.25, -0.2) is 9.59 Å². The van der Waals surface area contributed by atoms with Crippen molar-refractivity contribution in [1.29, 1.82) is 0 Å². The number of likely N-dealkylation sites (tertiary alicyclic amines) is 1. The van der Waals surface area contributed by atoms with Crippen LogP contribution >= 0.6 is 0 Å². The summed E-state index contributed by atoms with van der Waals surface area (Å²) in [6.07, 6.45) is -9.51. The fraction of sp³-hybridized carbons (Fsp3) is 0.800. The number of carbonyl (C=O) groups is 2. The molecule has 0 spiro atoms. The van der Waals surface area contributed by atoms with Gasteiger partial charge in [0.25, 0.3) is 0 Å². The van der Waals surface area contributed by atoms with Crippen LogP contribution in [0, 0.1) is 0 Å². The molecule has 1 aliphatic heterocycles. The standard InChI is InChI=1S/C6H13FN2.2C2HF3O2/c7-2-1-3-9-4-6(8)5-9;2*3-2(4,5)1(6)7/h6H,1-5,8H2;2*(H,6,7). The molecule has 138 valence electrons. The van der Waals surface area contributed by atoms with Crippen molar-refractivity contribution in [3.63, 3.8) is 0 Å². The van der Waals surface area contributed by atoms with E-state index < -0.39 is 24.3 Å². The summed E-state index contributed by atoms with van der Waals surface area (Å²) in [5.74, 6) is -5.51. The minimum Gasteiger partial charge on any atom is -0.475 e. The Labute approximate surface area is 125 Å². The number of nitrogens with two attached hydrogens (primary N) is 1. The molecular weight excluding hydrogens is 345 g/mol. The second kappa shape index (κ2) is 10.2. The van der Waals surface area contributed by atoms with Gasteiger partial charge in [0.15, 0.2) is 0 Å². The second-order valence-electron chi connectivity index (χ2n) is 4.17. The molecule has 0 aliphatic carbocycles. The van der Waals surface area contributed by atoms with Gasteiger partial charge >= 0.3 is 24.3 Å². The third kappa shape index (κ3) is 13.7. The van der Waals surface area contributed by atoms with E-state index >= 15 is 0 Å². The van der Waals surface area contributed by atoms with Crippen molar-refractivity contribution in [2.45, 2.75) is 24.8 Å². The Hall–Kier alpha value is -1.63. The predicted molar refractivity (Wildman–Crippen MR) is 62.4 cm³/mol. The SMILES string of the molecule is NC1CN(CCCF)C1.O=C(O)C(F)(F)F.O=C(O)C(F)(F)F. The molecule has 0 aromatic heterocycles. The summed E-state index contributed by atoms with van der Waals surface area (Å²) in [6, 6.07) is 0.351. The summed E-state index contributed by atoms with van der Waals surface area (Å²) in [6.45, 7) is 2.59. The van der Waals surface area contributed by atoms with E-state index in [9.17, 15) is 30.7 Å². The monoisotopic (exact) mass is 360 g/mol. The molecule has 13 heteroatoms. The zero-order chi connectivity index (χ0) is 18.8. The molecule has 0 radical (unpaired) electrons. The van der Waals surface area contributed by atoms with Gasteiger partial charge in [-0.05, 0) is 6.42 Å². The van der Waals surface area contributed by atoms with Crippen molar-refractivity contribution in [3.05, 3.63) is 0 Å². The van der Waals surface area contributed by atoms with Crippen LogP contribution in [0.2, 0.25) is 0 Å². The molecule has 0 saturated carbocycles. The van der Waals surface area contributed by atoms with Crippen molar-refractivity contribution < 1.29 is 50.5 Å². The summed E-state index contributed by atoms with van der Waals surface area (Å²) in [7, 11) is 0. The van der Waals surface area contributed by atoms with Gasteiger partial charge < -0.3 is 20.8 Å². The van der Waals surface area contributed by atoms with Gasteiger partial charge in [-0.1, -0.05) is 0 Å². The summed E-state index contributed by atoms with van der Waals surface area (Å²) >= 11 is 0. The van der Waals surface area contributed by atoms with Gasteiger partial charge in [-0.15, -0.1) is 0 Å². The zero-order valence-corrected chi connectivity index (χ0v) is 11.5. The Kier molecular flexibility index (Phi) is 10.5. The summed E-state index contributed by atoms with van der Waals surface area (Å²) < 4.78 is 75.0. The van der Waals surface area contributed by atoms with E-state index in [0.717, 1.165) is 19.6 Å². The molecule has 1 aliphatic rings. The van der Waals surface area contributed by atoms with E-state index in [4.69, 9.17) is 25.5 Å². The Morgan fingerprint density at radius 1 is 1.00 bits per heavy atom. The summed E-state index contributed by atoms with van der Waals surface area (Å²) in [4.78, 5) is 20.0. The van der Waals surface area contributed by atoms with E-state index in [2.05, 4.69) is 4.90 Å². The molecule has 4 N–H and O–H groups in total. The number of rotatable bonds is 3. The van der Waals surface area contributed by atoms with Gasteiger partial charge in [0.1, 0.15) is 0 Å². The molecule has 1 fully saturated rings. The second-order valence-corrected chi connectivity index (χ2v) is 4.17. The lowest BCUT2D eigenvalue weighted by Gasteiger charge is -2.36. The van der Waals surface area contributed by atoms with Crippen molar-refractivity contribution in [2.75, 3.05) is 26.3 Å². The third-order valence-corrected chi connectivity index (χ3v) is 2.08. The molecule has 6 nitrogen and oxygen atoms in total. The zero-order valence-electron chi connectivity index (χ0n) is 11.5. The largest absolute Gasteiger partial charge is 0.490 e. The molecular formula is C10H15F7N2O4.